The summed E-state index contributed by atoms with van der Waals surface area (Å²) in [5.74, 6) is 0.686. The molecule has 10 heteroatoms. The van der Waals surface area contributed by atoms with Gasteiger partial charge < -0.3 is 13.9 Å². The molecule has 0 unspecified atom stereocenters. The first-order valence-electron chi connectivity index (χ1n) is 9.06. The van der Waals surface area contributed by atoms with Crippen molar-refractivity contribution in [1.29, 1.82) is 0 Å². The highest BCUT2D eigenvalue weighted by atomic mass is 32.2. The summed E-state index contributed by atoms with van der Waals surface area (Å²) in [5.41, 5.74) is 0.542. The third-order valence-corrected chi connectivity index (χ3v) is 6.05. The molecule has 1 N–H and O–H groups in total. The monoisotopic (exact) mass is 431 g/mol. The molecule has 0 atom stereocenters. The van der Waals surface area contributed by atoms with E-state index in [1.54, 1.807) is 43.5 Å². The maximum absolute atomic E-state index is 12.2. The van der Waals surface area contributed by atoms with Crippen LogP contribution in [0.3, 0.4) is 0 Å². The zero-order chi connectivity index (χ0) is 21.6. The lowest BCUT2D eigenvalue weighted by molar-refractivity contribution is -0.116. The summed E-state index contributed by atoms with van der Waals surface area (Å²) in [6.07, 6.45) is 0.159. The van der Waals surface area contributed by atoms with E-state index in [1.165, 1.54) is 19.2 Å². The van der Waals surface area contributed by atoms with Crippen molar-refractivity contribution < 1.29 is 27.1 Å². The fourth-order valence-corrected chi connectivity index (χ4v) is 4.04. The van der Waals surface area contributed by atoms with Crippen LogP contribution >= 0.6 is 0 Å². The number of hydrogen-bond acceptors (Lipinski definition) is 8. The standard InChI is InChI=1S/C20H21N3O6S/c1-27-14-10-11-16(17(13-14)28-2)19-22-23-20(29-19)21-18(24)9-6-12-30(25,26)15-7-4-3-5-8-15/h3-5,7-8,10-11,13H,6,9,12H2,1-2H3,(H,21,23,24). The topological polar surface area (TPSA) is 121 Å². The predicted octanol–water partition coefficient (Wildman–Crippen LogP) is 2.95. The second-order valence-corrected chi connectivity index (χ2v) is 8.37. The average molecular weight is 431 g/mol. The first kappa shape index (κ1) is 21.3. The highest BCUT2D eigenvalue weighted by Crippen LogP contribution is 2.33. The third kappa shape index (κ3) is 5.15. The summed E-state index contributed by atoms with van der Waals surface area (Å²) in [6, 6.07) is 13.1. The Bertz CT molecular complexity index is 1110. The number of methoxy groups -OCH3 is 2. The maximum atomic E-state index is 12.2. The number of benzene rings is 2. The van der Waals surface area contributed by atoms with Crippen molar-refractivity contribution in [2.45, 2.75) is 17.7 Å². The van der Waals surface area contributed by atoms with Crippen LogP contribution in [-0.2, 0) is 14.6 Å². The van der Waals surface area contributed by atoms with E-state index in [2.05, 4.69) is 15.5 Å². The predicted molar refractivity (Wildman–Crippen MR) is 109 cm³/mol. The smallest absolute Gasteiger partial charge is 0.322 e. The van der Waals surface area contributed by atoms with Crippen LogP contribution in [0, 0.1) is 0 Å². The van der Waals surface area contributed by atoms with Gasteiger partial charge >= 0.3 is 6.01 Å². The molecule has 0 saturated carbocycles. The van der Waals surface area contributed by atoms with Gasteiger partial charge in [-0.15, -0.1) is 5.10 Å². The molecule has 30 heavy (non-hydrogen) atoms. The zero-order valence-electron chi connectivity index (χ0n) is 16.5. The summed E-state index contributed by atoms with van der Waals surface area (Å²) in [4.78, 5) is 12.3. The molecule has 3 rings (SSSR count). The van der Waals surface area contributed by atoms with Crippen molar-refractivity contribution in [3.05, 3.63) is 48.5 Å². The lowest BCUT2D eigenvalue weighted by atomic mass is 10.2. The van der Waals surface area contributed by atoms with Gasteiger partial charge in [-0.1, -0.05) is 23.3 Å². The molecule has 0 aliphatic heterocycles. The molecule has 158 valence electrons. The summed E-state index contributed by atoms with van der Waals surface area (Å²) in [6.45, 7) is 0. The van der Waals surface area contributed by atoms with E-state index in [-0.39, 0.29) is 35.4 Å². The van der Waals surface area contributed by atoms with E-state index in [0.717, 1.165) is 0 Å². The summed E-state index contributed by atoms with van der Waals surface area (Å²) in [5, 5.41) is 10.2. The highest BCUT2D eigenvalue weighted by molar-refractivity contribution is 7.91. The molecule has 0 bridgehead atoms. The molecule has 0 radical (unpaired) electrons. The number of nitrogens with zero attached hydrogens (tertiary/aromatic N) is 2. The normalized spacial score (nSPS) is 11.1. The van der Waals surface area contributed by atoms with E-state index in [4.69, 9.17) is 13.9 Å². The lowest BCUT2D eigenvalue weighted by Crippen LogP contribution is -2.14. The van der Waals surface area contributed by atoms with Crippen LogP contribution in [0.5, 0.6) is 11.5 Å². The van der Waals surface area contributed by atoms with E-state index in [0.29, 0.717) is 17.1 Å². The molecule has 9 nitrogen and oxygen atoms in total. The van der Waals surface area contributed by atoms with Gasteiger partial charge in [0.25, 0.3) is 5.89 Å². The molecule has 0 aliphatic rings. The first-order chi connectivity index (χ1) is 14.4. The Morgan fingerprint density at radius 1 is 1.07 bits per heavy atom. The van der Waals surface area contributed by atoms with Crippen molar-refractivity contribution in [2.75, 3.05) is 25.3 Å². The van der Waals surface area contributed by atoms with Gasteiger partial charge in [0, 0.05) is 12.5 Å². The molecule has 0 saturated heterocycles. The molecular formula is C20H21N3O6S. The summed E-state index contributed by atoms with van der Waals surface area (Å²) >= 11 is 0. The Kier molecular flexibility index (Phi) is 6.68. The number of nitrogens with one attached hydrogen (secondary N) is 1. The van der Waals surface area contributed by atoms with Crippen LogP contribution in [0.15, 0.2) is 57.8 Å². The Balaban J connectivity index is 1.58. The second kappa shape index (κ2) is 9.40. The van der Waals surface area contributed by atoms with E-state index in [9.17, 15) is 13.2 Å². The minimum atomic E-state index is -3.43. The highest BCUT2D eigenvalue weighted by Gasteiger charge is 2.17. The summed E-state index contributed by atoms with van der Waals surface area (Å²) < 4.78 is 40.4. The fraction of sp³-hybridized carbons (Fsp3) is 0.250. The first-order valence-corrected chi connectivity index (χ1v) is 10.7. The van der Waals surface area contributed by atoms with Crippen LogP contribution < -0.4 is 14.8 Å². The van der Waals surface area contributed by atoms with E-state index in [1.807, 2.05) is 0 Å². The molecule has 2 aromatic carbocycles. The van der Waals surface area contributed by atoms with Gasteiger partial charge in [0.2, 0.25) is 5.91 Å². The van der Waals surface area contributed by atoms with Gasteiger partial charge in [-0.05, 0) is 30.7 Å². The number of rotatable bonds is 9. The molecule has 1 amide bonds. The molecule has 0 spiro atoms. The zero-order valence-corrected chi connectivity index (χ0v) is 17.3. The lowest BCUT2D eigenvalue weighted by Gasteiger charge is -2.07. The van der Waals surface area contributed by atoms with Crippen LogP contribution in [0.4, 0.5) is 6.01 Å². The minimum absolute atomic E-state index is 0.00433. The number of amides is 1. The van der Waals surface area contributed by atoms with Gasteiger partial charge in [-0.2, -0.15) is 0 Å². The Hall–Kier alpha value is -3.40. The average Bonchev–Trinajstić information content (AvgIpc) is 3.21. The Labute approximate surface area is 174 Å². The number of anilines is 1. The number of carbonyl (C=O) groups excluding carboxylic acids is 1. The second-order valence-electron chi connectivity index (χ2n) is 6.26. The Morgan fingerprint density at radius 2 is 1.83 bits per heavy atom. The van der Waals surface area contributed by atoms with Crippen LogP contribution in [-0.4, -0.2) is 44.5 Å². The molecule has 1 heterocycles. The van der Waals surface area contributed by atoms with Crippen molar-refractivity contribution in [1.82, 2.24) is 10.2 Å². The molecule has 1 aromatic heterocycles. The van der Waals surface area contributed by atoms with Crippen LogP contribution in [0.2, 0.25) is 0 Å². The van der Waals surface area contributed by atoms with Crippen molar-refractivity contribution in [3.8, 4) is 23.0 Å². The maximum Gasteiger partial charge on any atom is 0.322 e. The van der Waals surface area contributed by atoms with E-state index >= 15 is 0 Å². The van der Waals surface area contributed by atoms with E-state index < -0.39 is 15.7 Å². The quantitative estimate of drug-likeness (QED) is 0.549. The molecule has 0 aliphatic carbocycles. The van der Waals surface area contributed by atoms with Gasteiger partial charge in [-0.3, -0.25) is 10.1 Å². The number of hydrogen-bond donors (Lipinski definition) is 1. The largest absolute Gasteiger partial charge is 0.497 e. The van der Waals surface area contributed by atoms with Gasteiger partial charge in [0.1, 0.15) is 11.5 Å². The van der Waals surface area contributed by atoms with Crippen LogP contribution in [0.25, 0.3) is 11.5 Å². The Morgan fingerprint density at radius 3 is 2.53 bits per heavy atom. The van der Waals surface area contributed by atoms with Gasteiger partial charge in [-0.25, -0.2) is 8.42 Å². The number of carbonyl (C=O) groups is 1. The molecular weight excluding hydrogens is 410 g/mol. The van der Waals surface area contributed by atoms with Gasteiger partial charge in [0.05, 0.1) is 30.4 Å². The number of aromatic nitrogens is 2. The van der Waals surface area contributed by atoms with Crippen LogP contribution in [0.1, 0.15) is 12.8 Å². The van der Waals surface area contributed by atoms with Gasteiger partial charge in [0.15, 0.2) is 9.84 Å². The summed E-state index contributed by atoms with van der Waals surface area (Å²) in [7, 11) is -0.387. The van der Waals surface area contributed by atoms with Crippen molar-refractivity contribution >= 4 is 21.8 Å². The molecule has 3 aromatic rings. The SMILES string of the molecule is COc1ccc(-c2nnc(NC(=O)CCCS(=O)(=O)c3ccccc3)o2)c(OC)c1. The van der Waals surface area contributed by atoms with Crippen molar-refractivity contribution in [3.63, 3.8) is 0 Å². The number of ether oxygens (including phenoxy) is 2. The fourth-order valence-electron chi connectivity index (χ4n) is 2.71. The van der Waals surface area contributed by atoms with Crippen molar-refractivity contribution in [2.24, 2.45) is 0 Å². The third-order valence-electron chi connectivity index (χ3n) is 4.23. The molecule has 0 fully saturated rings. The number of sulfone groups is 1. The minimum Gasteiger partial charge on any atom is -0.497 e.